The summed E-state index contributed by atoms with van der Waals surface area (Å²) in [5.41, 5.74) is 3.40. The summed E-state index contributed by atoms with van der Waals surface area (Å²) in [5, 5.41) is 4.71. The van der Waals surface area contributed by atoms with Crippen molar-refractivity contribution in [3.63, 3.8) is 0 Å². The van der Waals surface area contributed by atoms with Gasteiger partial charge in [0, 0.05) is 26.0 Å². The van der Waals surface area contributed by atoms with Gasteiger partial charge in [0.15, 0.2) is 0 Å². The number of rotatable bonds is 1. The topological polar surface area (TPSA) is 35.1 Å². The van der Waals surface area contributed by atoms with Crippen LogP contribution in [0.5, 0.6) is 0 Å². The second-order valence-corrected chi connectivity index (χ2v) is 7.96. The van der Waals surface area contributed by atoms with E-state index in [1.807, 2.05) is 60.7 Å². The first kappa shape index (κ1) is 16.6. The first-order valence-corrected chi connectivity index (χ1v) is 10.2. The molecule has 0 amide bonds. The van der Waals surface area contributed by atoms with Crippen LogP contribution in [0.1, 0.15) is 0 Å². The molecule has 29 heavy (non-hydrogen) atoms. The van der Waals surface area contributed by atoms with Crippen LogP contribution in [0.15, 0.2) is 98.6 Å². The fraction of sp³-hybridized carbons (Fsp3) is 0. The molecular formula is C25H14BrNO2. The van der Waals surface area contributed by atoms with E-state index >= 15 is 0 Å². The van der Waals surface area contributed by atoms with Crippen LogP contribution in [0.2, 0.25) is 0 Å². The molecule has 0 spiro atoms. The van der Waals surface area contributed by atoms with Crippen molar-refractivity contribution >= 4 is 59.5 Å². The first-order chi connectivity index (χ1) is 14.2. The molecule has 0 N–H and O–H groups in total. The van der Waals surface area contributed by atoms with E-state index in [9.17, 15) is 4.79 Å². The summed E-state index contributed by atoms with van der Waals surface area (Å²) in [6.45, 7) is 0. The van der Waals surface area contributed by atoms with Crippen LogP contribution >= 0.6 is 15.9 Å². The van der Waals surface area contributed by atoms with Crippen molar-refractivity contribution in [3.8, 4) is 5.69 Å². The van der Waals surface area contributed by atoms with Crippen molar-refractivity contribution in [2.75, 3.05) is 0 Å². The lowest BCUT2D eigenvalue weighted by atomic mass is 10.0. The molecule has 4 aromatic carbocycles. The summed E-state index contributed by atoms with van der Waals surface area (Å²) in [6.07, 6.45) is 0. The van der Waals surface area contributed by atoms with Gasteiger partial charge in [-0.3, -0.25) is 0 Å². The van der Waals surface area contributed by atoms with Crippen molar-refractivity contribution in [3.05, 3.63) is 99.8 Å². The molecule has 2 aromatic heterocycles. The Balaban J connectivity index is 1.89. The lowest BCUT2D eigenvalue weighted by Crippen LogP contribution is -2.01. The summed E-state index contributed by atoms with van der Waals surface area (Å²) in [6, 6.07) is 28.2. The fourth-order valence-corrected chi connectivity index (χ4v) is 4.69. The van der Waals surface area contributed by atoms with E-state index in [0.717, 1.165) is 42.7 Å². The van der Waals surface area contributed by atoms with Crippen LogP contribution in [0, 0.1) is 0 Å². The Bertz CT molecular complexity index is 1640. The number of benzene rings is 4. The summed E-state index contributed by atoms with van der Waals surface area (Å²) in [7, 11) is 0. The SMILES string of the molecule is O=c1oc2ccccc2c2cc3c4ccccc4n(-c4ccccc4Br)c3cc12. The van der Waals surface area contributed by atoms with Crippen LogP contribution < -0.4 is 5.63 Å². The molecule has 0 bridgehead atoms. The van der Waals surface area contributed by atoms with E-state index in [2.05, 4.69) is 44.8 Å². The maximum absolute atomic E-state index is 12.8. The number of hydrogen-bond donors (Lipinski definition) is 0. The third-order valence-electron chi connectivity index (χ3n) is 5.51. The lowest BCUT2D eigenvalue weighted by molar-refractivity contribution is 0.570. The smallest absolute Gasteiger partial charge is 0.344 e. The van der Waals surface area contributed by atoms with Crippen molar-refractivity contribution in [1.82, 2.24) is 4.57 Å². The number of nitrogens with zero attached hydrogens (tertiary/aromatic N) is 1. The third-order valence-corrected chi connectivity index (χ3v) is 6.18. The van der Waals surface area contributed by atoms with Gasteiger partial charge in [0.1, 0.15) is 5.58 Å². The average molecular weight is 440 g/mol. The van der Waals surface area contributed by atoms with Gasteiger partial charge in [-0.15, -0.1) is 0 Å². The van der Waals surface area contributed by atoms with E-state index in [1.54, 1.807) is 0 Å². The minimum atomic E-state index is -0.315. The van der Waals surface area contributed by atoms with Gasteiger partial charge in [0.2, 0.25) is 0 Å². The highest BCUT2D eigenvalue weighted by Crippen LogP contribution is 2.37. The highest BCUT2D eigenvalue weighted by Gasteiger charge is 2.17. The van der Waals surface area contributed by atoms with Crippen LogP contribution in [-0.4, -0.2) is 4.57 Å². The van der Waals surface area contributed by atoms with Gasteiger partial charge in [0.05, 0.1) is 22.1 Å². The molecule has 3 nitrogen and oxygen atoms in total. The number of para-hydroxylation sites is 3. The molecule has 6 aromatic rings. The van der Waals surface area contributed by atoms with E-state index in [-0.39, 0.29) is 5.63 Å². The van der Waals surface area contributed by atoms with E-state index in [0.29, 0.717) is 11.0 Å². The largest absolute Gasteiger partial charge is 0.422 e. The molecule has 138 valence electrons. The number of hydrogen-bond acceptors (Lipinski definition) is 2. The Hall–Kier alpha value is -3.37. The van der Waals surface area contributed by atoms with E-state index in [1.165, 1.54) is 0 Å². The zero-order valence-corrected chi connectivity index (χ0v) is 16.8. The number of halogens is 1. The summed E-state index contributed by atoms with van der Waals surface area (Å²) >= 11 is 3.68. The molecule has 0 saturated heterocycles. The van der Waals surface area contributed by atoms with Crippen molar-refractivity contribution < 1.29 is 4.42 Å². The molecule has 0 atom stereocenters. The molecule has 0 unspecified atom stereocenters. The molecule has 0 fully saturated rings. The standard InChI is InChI=1S/C25H14BrNO2/c26-20-9-3-5-11-22(20)27-21-10-4-1-7-15(21)18-13-17-16-8-2-6-12-24(16)29-25(28)19(17)14-23(18)27/h1-14H. The van der Waals surface area contributed by atoms with Gasteiger partial charge in [-0.05, 0) is 52.3 Å². The Morgan fingerprint density at radius 1 is 0.655 bits per heavy atom. The number of fused-ring (bicyclic) bond motifs is 6. The molecule has 0 saturated carbocycles. The first-order valence-electron chi connectivity index (χ1n) is 9.36. The highest BCUT2D eigenvalue weighted by molar-refractivity contribution is 9.10. The molecule has 4 heteroatoms. The fourth-order valence-electron chi connectivity index (χ4n) is 4.23. The van der Waals surface area contributed by atoms with Crippen LogP contribution in [0.4, 0.5) is 0 Å². The average Bonchev–Trinajstić information content (AvgIpc) is 3.07. The van der Waals surface area contributed by atoms with E-state index < -0.39 is 0 Å². The predicted molar refractivity (Wildman–Crippen MR) is 122 cm³/mol. The molecule has 0 aliphatic heterocycles. The van der Waals surface area contributed by atoms with Crippen molar-refractivity contribution in [2.45, 2.75) is 0 Å². The van der Waals surface area contributed by atoms with E-state index in [4.69, 9.17) is 4.42 Å². The van der Waals surface area contributed by atoms with Crippen LogP contribution in [0.25, 0.3) is 49.2 Å². The van der Waals surface area contributed by atoms with Gasteiger partial charge in [-0.2, -0.15) is 0 Å². The quantitative estimate of drug-likeness (QED) is 0.208. The third kappa shape index (κ3) is 2.33. The maximum atomic E-state index is 12.8. The minimum absolute atomic E-state index is 0.315. The highest BCUT2D eigenvalue weighted by atomic mass is 79.9. The molecule has 0 radical (unpaired) electrons. The lowest BCUT2D eigenvalue weighted by Gasteiger charge is -2.10. The van der Waals surface area contributed by atoms with Crippen LogP contribution in [-0.2, 0) is 0 Å². The summed E-state index contributed by atoms with van der Waals surface area (Å²) < 4.78 is 8.78. The second-order valence-electron chi connectivity index (χ2n) is 7.10. The maximum Gasteiger partial charge on any atom is 0.344 e. The molecular weight excluding hydrogens is 426 g/mol. The zero-order valence-electron chi connectivity index (χ0n) is 15.2. The molecule has 0 aliphatic carbocycles. The van der Waals surface area contributed by atoms with Crippen molar-refractivity contribution in [1.29, 1.82) is 0 Å². The minimum Gasteiger partial charge on any atom is -0.422 e. The normalized spacial score (nSPS) is 11.8. The summed E-state index contributed by atoms with van der Waals surface area (Å²) in [5.74, 6) is 0. The van der Waals surface area contributed by atoms with Crippen molar-refractivity contribution in [2.24, 2.45) is 0 Å². The Morgan fingerprint density at radius 3 is 2.24 bits per heavy atom. The van der Waals surface area contributed by atoms with Gasteiger partial charge in [0.25, 0.3) is 0 Å². The van der Waals surface area contributed by atoms with Gasteiger partial charge in [-0.1, -0.05) is 48.5 Å². The number of aromatic nitrogens is 1. The van der Waals surface area contributed by atoms with Gasteiger partial charge in [-0.25, -0.2) is 4.79 Å². The molecule has 2 heterocycles. The second kappa shape index (κ2) is 6.06. The summed E-state index contributed by atoms with van der Waals surface area (Å²) in [4.78, 5) is 12.8. The Morgan fingerprint density at radius 2 is 1.38 bits per heavy atom. The molecule has 0 aliphatic rings. The molecule has 6 rings (SSSR count). The monoisotopic (exact) mass is 439 g/mol. The van der Waals surface area contributed by atoms with Gasteiger partial charge >= 0.3 is 5.63 Å². The van der Waals surface area contributed by atoms with Gasteiger partial charge < -0.3 is 8.98 Å². The predicted octanol–water partition coefficient (Wildman–Crippen LogP) is 6.81. The Labute approximate surface area is 173 Å². The zero-order chi connectivity index (χ0) is 19.5. The van der Waals surface area contributed by atoms with Crippen LogP contribution in [0.3, 0.4) is 0 Å². The Kier molecular flexibility index (Phi) is 3.46.